The molecule has 1 aliphatic rings. The summed E-state index contributed by atoms with van der Waals surface area (Å²) in [5.41, 5.74) is 0. The molecule has 1 aromatic carbocycles. The summed E-state index contributed by atoms with van der Waals surface area (Å²) < 4.78 is 33.2. The molecule has 0 aromatic heterocycles. The molecule has 0 unspecified atom stereocenters. The average molecular weight is 269 g/mol. The van der Waals surface area contributed by atoms with E-state index in [0.29, 0.717) is 12.3 Å². The van der Waals surface area contributed by atoms with Crippen molar-refractivity contribution in [3.8, 4) is 5.75 Å². The summed E-state index contributed by atoms with van der Waals surface area (Å²) in [6.45, 7) is 3.03. The van der Waals surface area contributed by atoms with Gasteiger partial charge < -0.3 is 4.74 Å². The Hall–Kier alpha value is -1.56. The first-order chi connectivity index (χ1) is 8.46. The molecular formula is C12H17N2O3S+. The molecule has 1 aromatic rings. The van der Waals surface area contributed by atoms with Gasteiger partial charge >= 0.3 is 10.0 Å². The monoisotopic (exact) mass is 269 g/mol. The number of hydrogen-bond donors (Lipinski definition) is 0. The maximum absolute atomic E-state index is 12.4. The number of sulfonamides is 1. The van der Waals surface area contributed by atoms with Gasteiger partial charge in [-0.2, -0.15) is 8.42 Å². The fourth-order valence-corrected chi connectivity index (χ4v) is 3.47. The Morgan fingerprint density at radius 3 is 2.33 bits per heavy atom. The molecule has 2 rings (SSSR count). The number of methoxy groups -OCH3 is 1. The number of nitrogens with zero attached hydrogens (tertiary/aromatic N) is 2. The zero-order chi connectivity index (χ0) is 13.3. The highest BCUT2D eigenvalue weighted by molar-refractivity contribution is 7.89. The van der Waals surface area contributed by atoms with Crippen LogP contribution in [0.25, 0.3) is 0 Å². The van der Waals surface area contributed by atoms with E-state index in [4.69, 9.17) is 4.74 Å². The third-order valence-corrected chi connectivity index (χ3v) is 5.09. The Labute approximate surface area is 107 Å². The van der Waals surface area contributed by atoms with Gasteiger partial charge in [-0.15, -0.1) is 4.31 Å². The fraction of sp³-hybridized carbons (Fsp3) is 0.417. The van der Waals surface area contributed by atoms with E-state index >= 15 is 0 Å². The largest absolute Gasteiger partial charge is 0.497 e. The van der Waals surface area contributed by atoms with Gasteiger partial charge in [-0.3, -0.25) is 4.58 Å². The van der Waals surface area contributed by atoms with Gasteiger partial charge in [-0.1, -0.05) is 0 Å². The van der Waals surface area contributed by atoms with Crippen molar-refractivity contribution in [3.05, 3.63) is 24.3 Å². The van der Waals surface area contributed by atoms with Gasteiger partial charge in [0.2, 0.25) is 0 Å². The molecule has 18 heavy (non-hydrogen) atoms. The highest BCUT2D eigenvalue weighted by Crippen LogP contribution is 2.20. The van der Waals surface area contributed by atoms with Gasteiger partial charge in [0.1, 0.15) is 23.7 Å². The minimum Gasteiger partial charge on any atom is -0.497 e. The molecule has 0 atom stereocenters. The lowest BCUT2D eigenvalue weighted by Crippen LogP contribution is -2.33. The summed E-state index contributed by atoms with van der Waals surface area (Å²) >= 11 is 0. The maximum Gasteiger partial charge on any atom is 0.330 e. The van der Waals surface area contributed by atoms with E-state index in [9.17, 15) is 8.42 Å². The summed E-state index contributed by atoms with van der Waals surface area (Å²) in [6.07, 6.45) is 0. The number of likely N-dealkylation sites (N-methyl/N-ethyl adjacent to an activating group) is 1. The van der Waals surface area contributed by atoms with Crippen molar-refractivity contribution < 1.29 is 17.7 Å². The third kappa shape index (κ3) is 2.08. The molecule has 0 radical (unpaired) electrons. The minimum atomic E-state index is -3.45. The zero-order valence-corrected chi connectivity index (χ0v) is 11.6. The van der Waals surface area contributed by atoms with E-state index in [0.717, 1.165) is 12.4 Å². The summed E-state index contributed by atoms with van der Waals surface area (Å²) in [5.74, 6) is 1.40. The van der Waals surface area contributed by atoms with Crippen LogP contribution in [0.2, 0.25) is 0 Å². The van der Waals surface area contributed by atoms with Crippen LogP contribution in [-0.2, 0) is 10.0 Å². The molecule has 0 bridgehead atoms. The SMILES string of the molecule is COc1ccc(S(=O)(=O)N2CC[N+](C)=C2C)cc1. The van der Waals surface area contributed by atoms with Crippen LogP contribution in [-0.4, -0.2) is 50.4 Å². The summed E-state index contributed by atoms with van der Waals surface area (Å²) in [4.78, 5) is 0.290. The smallest absolute Gasteiger partial charge is 0.330 e. The highest BCUT2D eigenvalue weighted by Gasteiger charge is 2.37. The molecule has 1 aliphatic heterocycles. The fourth-order valence-electron chi connectivity index (χ4n) is 1.92. The second-order valence-electron chi connectivity index (χ2n) is 4.22. The van der Waals surface area contributed by atoms with Crippen LogP contribution in [0.4, 0.5) is 0 Å². The lowest BCUT2D eigenvalue weighted by Gasteiger charge is -2.11. The van der Waals surface area contributed by atoms with Crippen LogP contribution in [0.15, 0.2) is 29.2 Å². The molecular weight excluding hydrogens is 252 g/mol. The van der Waals surface area contributed by atoms with Gasteiger partial charge in [0, 0.05) is 6.92 Å². The van der Waals surface area contributed by atoms with Crippen molar-refractivity contribution in [2.24, 2.45) is 0 Å². The molecule has 5 nitrogen and oxygen atoms in total. The normalized spacial score (nSPS) is 16.3. The predicted octanol–water partition coefficient (Wildman–Crippen LogP) is 0.760. The standard InChI is InChI=1S/C12H17N2O3S/c1-10-13(2)8-9-14(10)18(15,16)12-6-4-11(17-3)5-7-12/h4-7H,8-9H2,1-3H3/q+1. The van der Waals surface area contributed by atoms with Crippen LogP contribution in [0.3, 0.4) is 0 Å². The zero-order valence-electron chi connectivity index (χ0n) is 10.8. The van der Waals surface area contributed by atoms with Gasteiger partial charge in [-0.25, -0.2) is 0 Å². The maximum atomic E-state index is 12.4. The number of rotatable bonds is 3. The number of ether oxygens (including phenoxy) is 1. The van der Waals surface area contributed by atoms with E-state index < -0.39 is 10.0 Å². The Kier molecular flexibility index (Phi) is 3.30. The molecule has 0 saturated carbocycles. The Balaban J connectivity index is 2.37. The first-order valence-electron chi connectivity index (χ1n) is 5.68. The minimum absolute atomic E-state index is 0.290. The van der Waals surface area contributed by atoms with Crippen molar-refractivity contribution in [2.75, 3.05) is 27.2 Å². The quantitative estimate of drug-likeness (QED) is 0.761. The lowest BCUT2D eigenvalue weighted by atomic mass is 10.3. The van der Waals surface area contributed by atoms with Gasteiger partial charge in [-0.05, 0) is 24.3 Å². The molecule has 0 N–H and O–H groups in total. The first-order valence-corrected chi connectivity index (χ1v) is 7.12. The van der Waals surface area contributed by atoms with Gasteiger partial charge in [0.05, 0.1) is 14.2 Å². The van der Waals surface area contributed by atoms with Crippen molar-refractivity contribution >= 4 is 15.9 Å². The summed E-state index contributed by atoms with van der Waals surface area (Å²) in [6, 6.07) is 6.45. The predicted molar refractivity (Wildman–Crippen MR) is 68.6 cm³/mol. The average Bonchev–Trinajstić information content (AvgIpc) is 2.70. The molecule has 0 fully saturated rings. The van der Waals surface area contributed by atoms with E-state index in [1.165, 1.54) is 4.31 Å². The third-order valence-electron chi connectivity index (χ3n) is 3.20. The number of amidine groups is 1. The van der Waals surface area contributed by atoms with Crippen LogP contribution < -0.4 is 4.74 Å². The lowest BCUT2D eigenvalue weighted by molar-refractivity contribution is -0.486. The van der Waals surface area contributed by atoms with Crippen molar-refractivity contribution in [2.45, 2.75) is 11.8 Å². The van der Waals surface area contributed by atoms with Crippen molar-refractivity contribution in [3.63, 3.8) is 0 Å². The first kappa shape index (κ1) is 12.9. The Bertz CT molecular complexity index is 576. The molecule has 0 spiro atoms. The van der Waals surface area contributed by atoms with Crippen LogP contribution in [0, 0.1) is 0 Å². The Morgan fingerprint density at radius 1 is 1.28 bits per heavy atom. The highest BCUT2D eigenvalue weighted by atomic mass is 32.2. The van der Waals surface area contributed by atoms with E-state index in [1.807, 2.05) is 18.5 Å². The van der Waals surface area contributed by atoms with E-state index in [1.54, 1.807) is 31.4 Å². The van der Waals surface area contributed by atoms with E-state index in [2.05, 4.69) is 0 Å². The van der Waals surface area contributed by atoms with Gasteiger partial charge in [0.15, 0.2) is 0 Å². The van der Waals surface area contributed by atoms with Crippen molar-refractivity contribution in [1.82, 2.24) is 4.31 Å². The molecule has 0 amide bonds. The molecule has 6 heteroatoms. The molecule has 1 heterocycles. The second kappa shape index (κ2) is 4.61. The topological polar surface area (TPSA) is 49.6 Å². The van der Waals surface area contributed by atoms with Crippen LogP contribution >= 0.6 is 0 Å². The second-order valence-corrected chi connectivity index (χ2v) is 6.08. The number of hydrogen-bond acceptors (Lipinski definition) is 3. The van der Waals surface area contributed by atoms with Crippen molar-refractivity contribution in [1.29, 1.82) is 0 Å². The van der Waals surface area contributed by atoms with Crippen LogP contribution in [0.5, 0.6) is 5.75 Å². The molecule has 0 saturated heterocycles. The molecule has 0 aliphatic carbocycles. The van der Waals surface area contributed by atoms with Gasteiger partial charge in [0.25, 0.3) is 5.84 Å². The summed E-state index contributed by atoms with van der Waals surface area (Å²) in [5, 5.41) is 0. The van der Waals surface area contributed by atoms with Crippen LogP contribution in [0.1, 0.15) is 6.92 Å². The molecule has 98 valence electrons. The van der Waals surface area contributed by atoms with E-state index in [-0.39, 0.29) is 4.90 Å². The number of benzene rings is 1. The Morgan fingerprint density at radius 2 is 1.89 bits per heavy atom. The summed E-state index contributed by atoms with van der Waals surface area (Å²) in [7, 11) is -0.00650.